The lowest BCUT2D eigenvalue weighted by Gasteiger charge is -1.86. The van der Waals surface area contributed by atoms with E-state index in [9.17, 15) is 0 Å². The second-order valence-electron chi connectivity index (χ2n) is 2.24. The predicted molar refractivity (Wildman–Crippen MR) is 55.3 cm³/mol. The number of rotatable bonds is 2. The van der Waals surface area contributed by atoms with Crippen molar-refractivity contribution in [3.63, 3.8) is 0 Å². The number of aryl methyl sites for hydroxylation is 1. The maximum absolute atomic E-state index is 5.55. The molecular formula is C6H6N4S3. The Balaban J connectivity index is 2.14. The lowest BCUT2D eigenvalue weighted by molar-refractivity contribution is 1.10. The minimum absolute atomic E-state index is 0.726. The number of nitrogen functional groups attached to an aromatic ring is 1. The summed E-state index contributed by atoms with van der Waals surface area (Å²) in [6, 6.07) is 0. The lowest BCUT2D eigenvalue weighted by Crippen LogP contribution is -1.73. The molecule has 0 radical (unpaired) electrons. The third kappa shape index (κ3) is 2.17. The van der Waals surface area contributed by atoms with Crippen LogP contribution in [-0.2, 0) is 0 Å². The molecule has 0 spiro atoms. The van der Waals surface area contributed by atoms with Crippen LogP contribution in [0.5, 0.6) is 0 Å². The van der Waals surface area contributed by atoms with Gasteiger partial charge in [-0.1, -0.05) is 11.3 Å². The highest BCUT2D eigenvalue weighted by Gasteiger charge is 2.05. The molecule has 0 aliphatic carbocycles. The van der Waals surface area contributed by atoms with E-state index in [1.165, 1.54) is 34.6 Å². The van der Waals surface area contributed by atoms with Gasteiger partial charge in [-0.15, -0.1) is 0 Å². The largest absolute Gasteiger partial charge is 0.389 e. The summed E-state index contributed by atoms with van der Waals surface area (Å²) in [5.41, 5.74) is 5.55. The smallest absolute Gasteiger partial charge is 0.177 e. The van der Waals surface area contributed by atoms with E-state index >= 15 is 0 Å². The van der Waals surface area contributed by atoms with E-state index in [-0.39, 0.29) is 0 Å². The molecule has 0 aliphatic heterocycles. The Labute approximate surface area is 87.4 Å². The first-order chi connectivity index (χ1) is 6.24. The van der Waals surface area contributed by atoms with E-state index in [0.717, 1.165) is 19.5 Å². The van der Waals surface area contributed by atoms with Gasteiger partial charge in [-0.25, -0.2) is 9.97 Å². The Morgan fingerprint density at radius 3 is 2.85 bits per heavy atom. The van der Waals surface area contributed by atoms with Crippen LogP contribution in [0.3, 0.4) is 0 Å². The number of hydrogen-bond donors (Lipinski definition) is 1. The monoisotopic (exact) mass is 230 g/mol. The van der Waals surface area contributed by atoms with E-state index in [4.69, 9.17) is 5.73 Å². The van der Waals surface area contributed by atoms with Crippen LogP contribution in [-0.4, -0.2) is 14.3 Å². The van der Waals surface area contributed by atoms with Gasteiger partial charge in [0.25, 0.3) is 0 Å². The zero-order valence-corrected chi connectivity index (χ0v) is 9.17. The van der Waals surface area contributed by atoms with E-state index in [1.807, 2.05) is 6.92 Å². The van der Waals surface area contributed by atoms with E-state index in [0.29, 0.717) is 0 Å². The van der Waals surface area contributed by atoms with Gasteiger partial charge in [0, 0.05) is 0 Å². The molecule has 0 saturated carbocycles. The van der Waals surface area contributed by atoms with Gasteiger partial charge in [0.15, 0.2) is 8.68 Å². The molecule has 4 nitrogen and oxygen atoms in total. The van der Waals surface area contributed by atoms with Gasteiger partial charge >= 0.3 is 0 Å². The third-order valence-corrected chi connectivity index (χ3v) is 3.93. The summed E-state index contributed by atoms with van der Waals surface area (Å²) in [7, 11) is 0. The van der Waals surface area contributed by atoms with E-state index < -0.39 is 0 Å². The van der Waals surface area contributed by atoms with Crippen LogP contribution in [0.4, 0.5) is 5.00 Å². The van der Waals surface area contributed by atoms with Gasteiger partial charge in [0.05, 0.1) is 6.20 Å². The molecule has 0 fully saturated rings. The minimum Gasteiger partial charge on any atom is -0.389 e. The van der Waals surface area contributed by atoms with Crippen LogP contribution < -0.4 is 5.73 Å². The number of aromatic nitrogens is 3. The second-order valence-corrected chi connectivity index (χ2v) is 5.55. The van der Waals surface area contributed by atoms with Crippen molar-refractivity contribution >= 4 is 39.6 Å². The highest BCUT2D eigenvalue weighted by Crippen LogP contribution is 2.32. The number of anilines is 1. The Morgan fingerprint density at radius 1 is 1.46 bits per heavy atom. The molecule has 0 saturated heterocycles. The SMILES string of the molecule is Cc1nsc(Sc2ncc(N)s2)n1. The van der Waals surface area contributed by atoms with Gasteiger partial charge in [-0.2, -0.15) is 4.37 Å². The van der Waals surface area contributed by atoms with Crippen molar-refractivity contribution in [2.24, 2.45) is 0 Å². The molecule has 2 N–H and O–H groups in total. The Kier molecular flexibility index (Phi) is 2.47. The molecule has 0 aliphatic rings. The van der Waals surface area contributed by atoms with Crippen LogP contribution in [0.2, 0.25) is 0 Å². The molecule has 0 atom stereocenters. The third-order valence-electron chi connectivity index (χ3n) is 1.19. The van der Waals surface area contributed by atoms with E-state index in [1.54, 1.807) is 6.20 Å². The van der Waals surface area contributed by atoms with E-state index in [2.05, 4.69) is 14.3 Å². The van der Waals surface area contributed by atoms with Crippen molar-refractivity contribution in [3.8, 4) is 0 Å². The van der Waals surface area contributed by atoms with Crippen LogP contribution in [0, 0.1) is 6.92 Å². The zero-order valence-electron chi connectivity index (χ0n) is 6.72. The normalized spacial score (nSPS) is 10.5. The first-order valence-electron chi connectivity index (χ1n) is 3.43. The van der Waals surface area contributed by atoms with Gasteiger partial charge < -0.3 is 5.73 Å². The number of hydrogen-bond acceptors (Lipinski definition) is 7. The Hall–Kier alpha value is -0.660. The number of thiazole rings is 1. The highest BCUT2D eigenvalue weighted by molar-refractivity contribution is 8.02. The van der Waals surface area contributed by atoms with Gasteiger partial charge in [0.2, 0.25) is 0 Å². The van der Waals surface area contributed by atoms with Gasteiger partial charge in [0.1, 0.15) is 10.8 Å². The summed E-state index contributed by atoms with van der Waals surface area (Å²) in [5.74, 6) is 0.803. The fourth-order valence-corrected chi connectivity index (χ4v) is 3.33. The first kappa shape index (κ1) is 8.92. The zero-order chi connectivity index (χ0) is 9.26. The van der Waals surface area contributed by atoms with Crippen LogP contribution >= 0.6 is 34.6 Å². The number of nitrogens with two attached hydrogens (primary N) is 1. The van der Waals surface area contributed by atoms with Crippen molar-refractivity contribution in [2.45, 2.75) is 15.6 Å². The average molecular weight is 230 g/mol. The quantitative estimate of drug-likeness (QED) is 0.855. The second kappa shape index (κ2) is 3.60. The summed E-state index contributed by atoms with van der Waals surface area (Å²) in [6.45, 7) is 1.87. The fraction of sp³-hybridized carbons (Fsp3) is 0.167. The first-order valence-corrected chi connectivity index (χ1v) is 5.84. The van der Waals surface area contributed by atoms with Crippen molar-refractivity contribution in [2.75, 3.05) is 5.73 Å². The van der Waals surface area contributed by atoms with Crippen molar-refractivity contribution in [1.29, 1.82) is 0 Å². The van der Waals surface area contributed by atoms with Crippen molar-refractivity contribution < 1.29 is 0 Å². The average Bonchev–Trinajstić information content (AvgIpc) is 2.62. The lowest BCUT2D eigenvalue weighted by atomic mass is 10.8. The minimum atomic E-state index is 0.726. The van der Waals surface area contributed by atoms with Crippen LogP contribution in [0.1, 0.15) is 5.82 Å². The van der Waals surface area contributed by atoms with Gasteiger partial charge in [-0.05, 0) is 30.2 Å². The summed E-state index contributed by atoms with van der Waals surface area (Å²) in [4.78, 5) is 8.33. The van der Waals surface area contributed by atoms with Crippen molar-refractivity contribution in [1.82, 2.24) is 14.3 Å². The van der Waals surface area contributed by atoms with Crippen LogP contribution in [0.15, 0.2) is 14.9 Å². The van der Waals surface area contributed by atoms with Gasteiger partial charge in [-0.3, -0.25) is 0 Å². The number of nitrogens with zero attached hydrogens (tertiary/aromatic N) is 3. The molecule has 68 valence electrons. The molecule has 0 unspecified atom stereocenters. The fourth-order valence-electron chi connectivity index (χ4n) is 0.711. The maximum Gasteiger partial charge on any atom is 0.177 e. The molecule has 0 aromatic carbocycles. The highest BCUT2D eigenvalue weighted by atomic mass is 32.2. The molecule has 2 aromatic rings. The molecule has 2 heterocycles. The molecule has 2 rings (SSSR count). The molecule has 2 aromatic heterocycles. The molecular weight excluding hydrogens is 224 g/mol. The molecule has 7 heteroatoms. The Morgan fingerprint density at radius 2 is 2.31 bits per heavy atom. The summed E-state index contributed by atoms with van der Waals surface area (Å²) in [6.07, 6.45) is 1.65. The summed E-state index contributed by atoms with van der Waals surface area (Å²) in [5, 5.41) is 0.726. The topological polar surface area (TPSA) is 64.7 Å². The predicted octanol–water partition coefficient (Wildman–Crippen LogP) is 2.04. The molecule has 0 bridgehead atoms. The van der Waals surface area contributed by atoms with Crippen molar-refractivity contribution in [3.05, 3.63) is 12.0 Å². The van der Waals surface area contributed by atoms with Crippen LogP contribution in [0.25, 0.3) is 0 Å². The summed E-state index contributed by atoms with van der Waals surface area (Å²) < 4.78 is 5.89. The molecule has 13 heavy (non-hydrogen) atoms. The summed E-state index contributed by atoms with van der Waals surface area (Å²) >= 11 is 4.34. The Bertz CT molecular complexity index is 369. The maximum atomic E-state index is 5.55. The standard InChI is InChI=1S/C6H6N4S3/c1-3-9-6(13-10-3)12-5-8-2-4(7)11-5/h2H,7H2,1H3. The molecule has 0 amide bonds.